The van der Waals surface area contributed by atoms with Crippen LogP contribution in [0, 0.1) is 18.2 Å². The second-order valence-electron chi connectivity index (χ2n) is 4.14. The largest absolute Gasteiger partial charge is 0.313 e. The van der Waals surface area contributed by atoms with Gasteiger partial charge in [0.25, 0.3) is 0 Å². The summed E-state index contributed by atoms with van der Waals surface area (Å²) in [4.78, 5) is 0.710. The van der Waals surface area contributed by atoms with Crippen molar-refractivity contribution in [2.45, 2.75) is 37.1 Å². The molecule has 1 N–H and O–H groups in total. The molecule has 18 heavy (non-hydrogen) atoms. The van der Waals surface area contributed by atoms with Crippen LogP contribution in [0.1, 0.15) is 26.2 Å². The van der Waals surface area contributed by atoms with E-state index in [-0.39, 0.29) is 5.82 Å². The first-order valence-electron chi connectivity index (χ1n) is 6.32. The van der Waals surface area contributed by atoms with Gasteiger partial charge in [0.2, 0.25) is 0 Å². The summed E-state index contributed by atoms with van der Waals surface area (Å²) in [6.45, 7) is 3.11. The van der Waals surface area contributed by atoms with E-state index in [4.69, 9.17) is 6.42 Å². The summed E-state index contributed by atoms with van der Waals surface area (Å²) in [5, 5.41) is 3.46. The molecule has 1 aromatic rings. The molecule has 3 heteroatoms. The summed E-state index contributed by atoms with van der Waals surface area (Å²) in [7, 11) is 0. The Bertz CT molecular complexity index is 386. The number of halogens is 1. The van der Waals surface area contributed by atoms with E-state index >= 15 is 0 Å². The van der Waals surface area contributed by atoms with Crippen molar-refractivity contribution in [3.05, 3.63) is 30.1 Å². The van der Waals surface area contributed by atoms with Gasteiger partial charge in [0.15, 0.2) is 0 Å². The Morgan fingerprint density at radius 2 is 2.22 bits per heavy atom. The Labute approximate surface area is 114 Å². The SMILES string of the molecule is C#CCCC(CSc1ccccc1F)NCCC. The minimum Gasteiger partial charge on any atom is -0.313 e. The molecule has 0 amide bonds. The number of rotatable bonds is 8. The van der Waals surface area contributed by atoms with E-state index in [2.05, 4.69) is 18.2 Å². The molecule has 0 fully saturated rings. The Kier molecular flexibility index (Phi) is 7.55. The molecule has 1 rings (SSSR count). The zero-order valence-corrected chi connectivity index (χ0v) is 11.6. The van der Waals surface area contributed by atoms with Crippen LogP contribution in [0.4, 0.5) is 4.39 Å². The summed E-state index contributed by atoms with van der Waals surface area (Å²) in [6.07, 6.45) is 8.09. The van der Waals surface area contributed by atoms with Crippen LogP contribution in [0.3, 0.4) is 0 Å². The van der Waals surface area contributed by atoms with Crippen molar-refractivity contribution >= 4 is 11.8 Å². The first-order valence-corrected chi connectivity index (χ1v) is 7.30. The van der Waals surface area contributed by atoms with Crippen molar-refractivity contribution in [3.63, 3.8) is 0 Å². The highest BCUT2D eigenvalue weighted by Crippen LogP contribution is 2.22. The number of thioether (sulfide) groups is 1. The molecule has 0 saturated carbocycles. The van der Waals surface area contributed by atoms with Gasteiger partial charge in [-0.3, -0.25) is 0 Å². The molecular weight excluding hydrogens is 245 g/mol. The number of nitrogens with one attached hydrogen (secondary N) is 1. The standard InChI is InChI=1S/C15H20FNS/c1-3-5-8-13(17-11-4-2)12-18-15-10-7-6-9-14(15)16/h1,6-7,9-10,13,17H,4-5,8,11-12H2,2H3. The highest BCUT2D eigenvalue weighted by Gasteiger charge is 2.09. The molecular formula is C15H20FNS. The monoisotopic (exact) mass is 265 g/mol. The number of hydrogen-bond donors (Lipinski definition) is 1. The van der Waals surface area contributed by atoms with Crippen LogP contribution in [0.25, 0.3) is 0 Å². The third kappa shape index (κ3) is 5.57. The van der Waals surface area contributed by atoms with Gasteiger partial charge in [-0.2, -0.15) is 0 Å². The minimum atomic E-state index is -0.145. The number of terminal acetylenes is 1. The molecule has 0 aliphatic carbocycles. The molecule has 1 aromatic carbocycles. The average molecular weight is 265 g/mol. The number of benzene rings is 1. The molecule has 1 unspecified atom stereocenters. The lowest BCUT2D eigenvalue weighted by molar-refractivity contribution is 0.526. The van der Waals surface area contributed by atoms with E-state index in [0.29, 0.717) is 10.9 Å². The van der Waals surface area contributed by atoms with Gasteiger partial charge in [0, 0.05) is 23.1 Å². The van der Waals surface area contributed by atoms with Crippen LogP contribution in [0.2, 0.25) is 0 Å². The fourth-order valence-electron chi connectivity index (χ4n) is 1.60. The fourth-order valence-corrected chi connectivity index (χ4v) is 2.65. The highest BCUT2D eigenvalue weighted by molar-refractivity contribution is 7.99. The molecule has 0 aliphatic heterocycles. The molecule has 0 heterocycles. The van der Waals surface area contributed by atoms with E-state index in [0.717, 1.165) is 31.6 Å². The van der Waals surface area contributed by atoms with Crippen LogP contribution in [-0.2, 0) is 0 Å². The summed E-state index contributed by atoms with van der Waals surface area (Å²) in [5.74, 6) is 3.37. The van der Waals surface area contributed by atoms with Gasteiger partial charge < -0.3 is 5.32 Å². The predicted molar refractivity (Wildman–Crippen MR) is 77.3 cm³/mol. The molecule has 1 atom stereocenters. The maximum atomic E-state index is 13.5. The quantitative estimate of drug-likeness (QED) is 0.568. The lowest BCUT2D eigenvalue weighted by Gasteiger charge is -2.17. The van der Waals surface area contributed by atoms with Crippen molar-refractivity contribution in [1.29, 1.82) is 0 Å². The van der Waals surface area contributed by atoms with Crippen molar-refractivity contribution in [3.8, 4) is 12.3 Å². The molecule has 0 aliphatic rings. The normalized spacial score (nSPS) is 12.1. The second-order valence-corrected chi connectivity index (χ2v) is 5.20. The number of hydrogen-bond acceptors (Lipinski definition) is 2. The first-order chi connectivity index (χ1) is 8.77. The van der Waals surface area contributed by atoms with E-state index < -0.39 is 0 Å². The van der Waals surface area contributed by atoms with E-state index in [1.54, 1.807) is 17.8 Å². The van der Waals surface area contributed by atoms with Crippen LogP contribution in [0.15, 0.2) is 29.2 Å². The van der Waals surface area contributed by atoms with Gasteiger partial charge in [-0.05, 0) is 31.5 Å². The van der Waals surface area contributed by atoms with Gasteiger partial charge in [-0.25, -0.2) is 4.39 Å². The van der Waals surface area contributed by atoms with Gasteiger partial charge in [0.1, 0.15) is 5.82 Å². The molecule has 1 nitrogen and oxygen atoms in total. The Morgan fingerprint density at radius 1 is 1.44 bits per heavy atom. The summed E-state index contributed by atoms with van der Waals surface area (Å²) in [5.41, 5.74) is 0. The molecule has 0 aromatic heterocycles. The van der Waals surface area contributed by atoms with E-state index in [9.17, 15) is 4.39 Å². The predicted octanol–water partition coefficient (Wildman–Crippen LogP) is 3.70. The smallest absolute Gasteiger partial charge is 0.136 e. The molecule has 0 saturated heterocycles. The maximum absolute atomic E-state index is 13.5. The summed E-state index contributed by atoms with van der Waals surface area (Å²) < 4.78 is 13.5. The van der Waals surface area contributed by atoms with Gasteiger partial charge in [-0.1, -0.05) is 19.1 Å². The van der Waals surface area contributed by atoms with Crippen LogP contribution in [-0.4, -0.2) is 18.3 Å². The van der Waals surface area contributed by atoms with Crippen LogP contribution < -0.4 is 5.32 Å². The zero-order chi connectivity index (χ0) is 13.2. The summed E-state index contributed by atoms with van der Waals surface area (Å²) in [6, 6.07) is 7.24. The van der Waals surface area contributed by atoms with E-state index in [1.807, 2.05) is 12.1 Å². The van der Waals surface area contributed by atoms with Crippen LogP contribution >= 0.6 is 11.8 Å². The fraction of sp³-hybridized carbons (Fsp3) is 0.467. The highest BCUT2D eigenvalue weighted by atomic mass is 32.2. The summed E-state index contributed by atoms with van der Waals surface area (Å²) >= 11 is 1.55. The first kappa shape index (κ1) is 15.1. The Morgan fingerprint density at radius 3 is 2.89 bits per heavy atom. The van der Waals surface area contributed by atoms with Crippen molar-refractivity contribution in [2.75, 3.05) is 12.3 Å². The zero-order valence-electron chi connectivity index (χ0n) is 10.8. The van der Waals surface area contributed by atoms with Gasteiger partial charge in [0.05, 0.1) is 0 Å². The van der Waals surface area contributed by atoms with Crippen LogP contribution in [0.5, 0.6) is 0 Å². The lowest BCUT2D eigenvalue weighted by atomic mass is 10.2. The maximum Gasteiger partial charge on any atom is 0.136 e. The van der Waals surface area contributed by atoms with Gasteiger partial charge in [-0.15, -0.1) is 24.1 Å². The Hall–Kier alpha value is -0.980. The molecule has 0 spiro atoms. The van der Waals surface area contributed by atoms with E-state index in [1.165, 1.54) is 6.07 Å². The molecule has 0 radical (unpaired) electrons. The molecule has 0 bridgehead atoms. The second kappa shape index (κ2) is 9.02. The minimum absolute atomic E-state index is 0.145. The van der Waals surface area contributed by atoms with Gasteiger partial charge >= 0.3 is 0 Å². The topological polar surface area (TPSA) is 12.0 Å². The lowest BCUT2D eigenvalue weighted by Crippen LogP contribution is -2.31. The van der Waals surface area contributed by atoms with Crippen molar-refractivity contribution in [2.24, 2.45) is 0 Å². The third-order valence-electron chi connectivity index (χ3n) is 2.60. The third-order valence-corrected chi connectivity index (χ3v) is 3.81. The average Bonchev–Trinajstić information content (AvgIpc) is 2.39. The van der Waals surface area contributed by atoms with Crippen molar-refractivity contribution in [1.82, 2.24) is 5.32 Å². The van der Waals surface area contributed by atoms with Crippen molar-refractivity contribution < 1.29 is 4.39 Å². The Balaban J connectivity index is 2.45. The molecule has 98 valence electrons.